The number of fused-ring (bicyclic) bond motifs is 4. The second kappa shape index (κ2) is 6.12. The molecule has 6 heteroatoms. The summed E-state index contributed by atoms with van der Waals surface area (Å²) in [7, 11) is 0. The molecular formula is C17H21N5O. The van der Waals surface area contributed by atoms with Gasteiger partial charge >= 0.3 is 0 Å². The Morgan fingerprint density at radius 2 is 2.04 bits per heavy atom. The molecule has 0 spiro atoms. The molecule has 0 aromatic carbocycles. The molecule has 2 aromatic heterocycles. The van der Waals surface area contributed by atoms with Crippen molar-refractivity contribution in [1.82, 2.24) is 24.8 Å². The van der Waals surface area contributed by atoms with Gasteiger partial charge in [-0.15, -0.1) is 0 Å². The molecule has 120 valence electrons. The summed E-state index contributed by atoms with van der Waals surface area (Å²) in [5, 5.41) is 0. The number of amides is 1. The quantitative estimate of drug-likeness (QED) is 0.934. The number of rotatable bonds is 3. The van der Waals surface area contributed by atoms with E-state index in [1.165, 1.54) is 6.42 Å². The van der Waals surface area contributed by atoms with Crippen molar-refractivity contribution in [1.29, 1.82) is 0 Å². The van der Waals surface area contributed by atoms with Gasteiger partial charge in [0.05, 0.1) is 6.54 Å². The number of piperidine rings is 1. The van der Waals surface area contributed by atoms with Gasteiger partial charge in [-0.1, -0.05) is 0 Å². The van der Waals surface area contributed by atoms with Gasteiger partial charge < -0.3 is 9.88 Å². The minimum absolute atomic E-state index is 0.129. The van der Waals surface area contributed by atoms with Gasteiger partial charge in [0.2, 0.25) is 0 Å². The first-order valence-electron chi connectivity index (χ1n) is 8.21. The highest BCUT2D eigenvalue weighted by atomic mass is 16.2. The zero-order chi connectivity index (χ0) is 15.6. The molecule has 2 aromatic rings. The lowest BCUT2D eigenvalue weighted by molar-refractivity contribution is 0.0735. The van der Waals surface area contributed by atoms with Gasteiger partial charge in [-0.2, -0.15) is 0 Å². The number of pyridine rings is 1. The maximum absolute atomic E-state index is 12.8. The summed E-state index contributed by atoms with van der Waals surface area (Å²) in [4.78, 5) is 28.8. The number of carbonyl (C=O) groups is 1. The molecule has 23 heavy (non-hydrogen) atoms. The molecule has 5 heterocycles. The van der Waals surface area contributed by atoms with E-state index in [1.807, 2.05) is 11.1 Å². The molecule has 3 fully saturated rings. The number of aromatic nitrogens is 3. The van der Waals surface area contributed by atoms with Crippen molar-refractivity contribution in [2.75, 3.05) is 19.6 Å². The molecule has 2 atom stereocenters. The number of hydrogen-bond acceptors (Lipinski definition) is 4. The molecule has 0 saturated carbocycles. The summed E-state index contributed by atoms with van der Waals surface area (Å²) < 4.78 is 0. The number of aromatic amines is 1. The van der Waals surface area contributed by atoms with E-state index in [4.69, 9.17) is 0 Å². The summed E-state index contributed by atoms with van der Waals surface area (Å²) in [5.74, 6) is 1.68. The van der Waals surface area contributed by atoms with Crippen LogP contribution in [0.3, 0.4) is 0 Å². The third kappa shape index (κ3) is 2.99. The third-order valence-corrected chi connectivity index (χ3v) is 4.95. The van der Waals surface area contributed by atoms with Gasteiger partial charge in [0.15, 0.2) is 0 Å². The van der Waals surface area contributed by atoms with E-state index >= 15 is 0 Å². The van der Waals surface area contributed by atoms with Crippen LogP contribution in [0.1, 0.15) is 29.0 Å². The average Bonchev–Trinajstić information content (AvgIpc) is 2.93. The number of imidazole rings is 1. The highest BCUT2D eigenvalue weighted by Gasteiger charge is 2.36. The first-order chi connectivity index (χ1) is 11.3. The van der Waals surface area contributed by atoms with Gasteiger partial charge in [-0.25, -0.2) is 4.98 Å². The fourth-order valence-electron chi connectivity index (χ4n) is 3.79. The molecule has 0 unspecified atom stereocenters. The zero-order valence-electron chi connectivity index (χ0n) is 13.1. The lowest BCUT2D eigenvalue weighted by atomic mass is 9.95. The van der Waals surface area contributed by atoms with Crippen molar-refractivity contribution in [2.24, 2.45) is 5.92 Å². The number of H-pyrrole nitrogens is 1. The molecule has 2 bridgehead atoms. The van der Waals surface area contributed by atoms with Crippen LogP contribution in [0.25, 0.3) is 0 Å². The summed E-state index contributed by atoms with van der Waals surface area (Å²) in [6.07, 6.45) is 9.39. The molecule has 0 radical (unpaired) electrons. The van der Waals surface area contributed by atoms with E-state index in [0.29, 0.717) is 12.0 Å². The van der Waals surface area contributed by atoms with Crippen molar-refractivity contribution in [3.63, 3.8) is 0 Å². The minimum Gasteiger partial charge on any atom is -0.348 e. The first-order valence-corrected chi connectivity index (χ1v) is 8.21. The number of hydrogen-bond donors (Lipinski definition) is 1. The molecule has 5 rings (SSSR count). The van der Waals surface area contributed by atoms with Crippen molar-refractivity contribution >= 4 is 5.91 Å². The van der Waals surface area contributed by atoms with Crippen LogP contribution in [-0.4, -0.2) is 56.3 Å². The largest absolute Gasteiger partial charge is 0.348 e. The van der Waals surface area contributed by atoms with Gasteiger partial charge in [-0.3, -0.25) is 14.7 Å². The van der Waals surface area contributed by atoms with E-state index in [-0.39, 0.29) is 5.91 Å². The minimum atomic E-state index is 0.129. The molecule has 6 nitrogen and oxygen atoms in total. The summed E-state index contributed by atoms with van der Waals surface area (Å²) in [6, 6.07) is 4.02. The standard InChI is InChI=1S/C17H21N5O/c23-17(14-3-5-18-6-4-14)22-10-13-1-2-15(11-22)21(9-13)12-16-19-7-8-20-16/h3-8,13,15H,1-2,9-12H2,(H,19,20)/t13-,15-/m0/s1. The number of nitrogens with zero attached hydrogens (tertiary/aromatic N) is 4. The van der Waals surface area contributed by atoms with E-state index in [2.05, 4.69) is 19.9 Å². The highest BCUT2D eigenvalue weighted by Crippen LogP contribution is 2.29. The Kier molecular flexibility index (Phi) is 3.83. The van der Waals surface area contributed by atoms with E-state index < -0.39 is 0 Å². The Bertz CT molecular complexity index is 657. The zero-order valence-corrected chi connectivity index (χ0v) is 13.1. The summed E-state index contributed by atoms with van der Waals surface area (Å²) in [5.41, 5.74) is 0.735. The van der Waals surface area contributed by atoms with E-state index in [9.17, 15) is 4.79 Å². The number of nitrogens with one attached hydrogen (secondary N) is 1. The fourth-order valence-corrected chi connectivity index (χ4v) is 3.79. The maximum atomic E-state index is 12.8. The fraction of sp³-hybridized carbons (Fsp3) is 0.471. The average molecular weight is 311 g/mol. The normalized spacial score (nSPS) is 24.6. The second-order valence-corrected chi connectivity index (χ2v) is 6.51. The predicted octanol–water partition coefficient (Wildman–Crippen LogP) is 1.54. The van der Waals surface area contributed by atoms with Crippen LogP contribution in [-0.2, 0) is 6.54 Å². The van der Waals surface area contributed by atoms with Crippen LogP contribution in [0.5, 0.6) is 0 Å². The molecule has 3 aliphatic rings. The molecule has 3 aliphatic heterocycles. The summed E-state index contributed by atoms with van der Waals surface area (Å²) in [6.45, 7) is 3.54. The molecular weight excluding hydrogens is 290 g/mol. The van der Waals surface area contributed by atoms with Crippen molar-refractivity contribution in [2.45, 2.75) is 25.4 Å². The lowest BCUT2D eigenvalue weighted by Gasteiger charge is -2.35. The lowest BCUT2D eigenvalue weighted by Crippen LogP contribution is -2.44. The van der Waals surface area contributed by atoms with Crippen LogP contribution in [0, 0.1) is 5.92 Å². The number of carbonyl (C=O) groups excluding carboxylic acids is 1. The first kappa shape index (κ1) is 14.4. The Labute approximate surface area is 135 Å². The molecule has 1 N–H and O–H groups in total. The SMILES string of the molecule is O=C(c1ccncc1)N1C[C@H]2CC[C@@H](C1)N(Cc1ncc[nH]1)C2. The molecule has 0 aliphatic carbocycles. The van der Waals surface area contributed by atoms with Crippen molar-refractivity contribution < 1.29 is 4.79 Å². The van der Waals surface area contributed by atoms with Crippen LogP contribution in [0.4, 0.5) is 0 Å². The van der Waals surface area contributed by atoms with Crippen LogP contribution >= 0.6 is 0 Å². The Morgan fingerprint density at radius 1 is 1.17 bits per heavy atom. The molecule has 3 saturated heterocycles. The smallest absolute Gasteiger partial charge is 0.254 e. The Hall–Kier alpha value is -2.21. The van der Waals surface area contributed by atoms with Gasteiger partial charge in [0.1, 0.15) is 5.82 Å². The van der Waals surface area contributed by atoms with Crippen molar-refractivity contribution in [3.8, 4) is 0 Å². The van der Waals surface area contributed by atoms with Crippen molar-refractivity contribution in [3.05, 3.63) is 48.3 Å². The Morgan fingerprint density at radius 3 is 2.83 bits per heavy atom. The third-order valence-electron chi connectivity index (χ3n) is 4.95. The monoisotopic (exact) mass is 311 g/mol. The maximum Gasteiger partial charge on any atom is 0.254 e. The van der Waals surface area contributed by atoms with Gasteiger partial charge in [0, 0.05) is 56.0 Å². The second-order valence-electron chi connectivity index (χ2n) is 6.51. The van der Waals surface area contributed by atoms with Crippen LogP contribution in [0.15, 0.2) is 36.9 Å². The van der Waals surface area contributed by atoms with Gasteiger partial charge in [-0.05, 0) is 30.9 Å². The van der Waals surface area contributed by atoms with E-state index in [0.717, 1.165) is 44.0 Å². The topological polar surface area (TPSA) is 65.1 Å². The van der Waals surface area contributed by atoms with E-state index in [1.54, 1.807) is 30.7 Å². The highest BCUT2D eigenvalue weighted by molar-refractivity contribution is 5.94. The predicted molar refractivity (Wildman–Crippen MR) is 85.7 cm³/mol. The Balaban J connectivity index is 1.50. The van der Waals surface area contributed by atoms with Gasteiger partial charge in [0.25, 0.3) is 5.91 Å². The van der Waals surface area contributed by atoms with Crippen LogP contribution < -0.4 is 0 Å². The summed E-state index contributed by atoms with van der Waals surface area (Å²) >= 11 is 0. The van der Waals surface area contributed by atoms with Crippen LogP contribution in [0.2, 0.25) is 0 Å². The molecule has 1 amide bonds.